The Hall–Kier alpha value is -2.54. The van der Waals surface area contributed by atoms with Crippen LogP contribution in [0.2, 0.25) is 0 Å². The molecular weight excluding hydrogens is 371 g/mol. The van der Waals surface area contributed by atoms with Crippen LogP contribution in [0.25, 0.3) is 5.69 Å². The van der Waals surface area contributed by atoms with Gasteiger partial charge in [0.1, 0.15) is 11.6 Å². The number of aromatic nitrogens is 2. The molecule has 5 nitrogen and oxygen atoms in total. The van der Waals surface area contributed by atoms with Crippen LogP contribution in [0.4, 0.5) is 4.39 Å². The maximum Gasteiger partial charge on any atom is 0.200 e. The van der Waals surface area contributed by atoms with E-state index in [1.807, 2.05) is 54.1 Å². The summed E-state index contributed by atoms with van der Waals surface area (Å²) in [6, 6.07) is 14.9. The molecule has 1 saturated heterocycles. The van der Waals surface area contributed by atoms with Crippen LogP contribution in [0.1, 0.15) is 29.8 Å². The van der Waals surface area contributed by atoms with Crippen LogP contribution in [-0.4, -0.2) is 29.4 Å². The molecule has 1 aliphatic rings. The molecule has 3 aromatic rings. The number of nitrogens with zero attached hydrogens (tertiary/aromatic N) is 2. The molecule has 0 amide bonds. The minimum Gasteiger partial charge on any atom is -0.381 e. The van der Waals surface area contributed by atoms with Crippen LogP contribution < -0.4 is 0 Å². The summed E-state index contributed by atoms with van der Waals surface area (Å²) in [7, 11) is 1.67. The molecule has 0 aliphatic carbocycles. The van der Waals surface area contributed by atoms with Gasteiger partial charge < -0.3 is 18.8 Å². The van der Waals surface area contributed by atoms with Crippen molar-refractivity contribution in [2.45, 2.75) is 38.3 Å². The second-order valence-electron chi connectivity index (χ2n) is 7.23. The topological polar surface area (TPSA) is 45.5 Å². The van der Waals surface area contributed by atoms with Crippen molar-refractivity contribution in [1.29, 1.82) is 0 Å². The Morgan fingerprint density at radius 2 is 2.07 bits per heavy atom. The zero-order chi connectivity index (χ0) is 20.3. The van der Waals surface area contributed by atoms with E-state index in [0.29, 0.717) is 30.9 Å². The number of hydrogen-bond donors (Lipinski definition) is 0. The Balaban J connectivity index is 1.68. The summed E-state index contributed by atoms with van der Waals surface area (Å²) in [5.41, 5.74) is 2.09. The van der Waals surface area contributed by atoms with Gasteiger partial charge in [0, 0.05) is 37.2 Å². The van der Waals surface area contributed by atoms with Crippen LogP contribution >= 0.6 is 0 Å². The molecule has 2 heterocycles. The zero-order valence-electron chi connectivity index (χ0n) is 16.7. The van der Waals surface area contributed by atoms with Gasteiger partial charge in [0.2, 0.25) is 5.79 Å². The molecule has 4 rings (SSSR count). The first-order valence-electron chi connectivity index (χ1n) is 9.76. The number of aryl methyl sites for hydroxylation is 1. The van der Waals surface area contributed by atoms with Crippen molar-refractivity contribution in [3.8, 4) is 5.69 Å². The molecular formula is C23H25FN2O3. The number of halogens is 1. The normalized spacial score (nSPS) is 22.0. The van der Waals surface area contributed by atoms with Crippen molar-refractivity contribution >= 4 is 0 Å². The first kappa shape index (κ1) is 19.8. The molecule has 0 radical (unpaired) electrons. The second-order valence-corrected chi connectivity index (χ2v) is 7.23. The minimum absolute atomic E-state index is 0.0607. The van der Waals surface area contributed by atoms with Crippen LogP contribution in [-0.2, 0) is 26.6 Å². The molecule has 0 saturated carbocycles. The molecule has 1 fully saturated rings. The van der Waals surface area contributed by atoms with E-state index in [4.69, 9.17) is 14.2 Å². The van der Waals surface area contributed by atoms with E-state index < -0.39 is 5.79 Å². The van der Waals surface area contributed by atoms with Crippen molar-refractivity contribution in [2.24, 2.45) is 0 Å². The van der Waals surface area contributed by atoms with Crippen LogP contribution in [0, 0.1) is 12.7 Å². The Morgan fingerprint density at radius 1 is 1.24 bits per heavy atom. The van der Waals surface area contributed by atoms with Crippen molar-refractivity contribution in [3.05, 3.63) is 83.7 Å². The first-order valence-corrected chi connectivity index (χ1v) is 9.76. The molecule has 2 atom stereocenters. The minimum atomic E-state index is -1.19. The van der Waals surface area contributed by atoms with Gasteiger partial charge in [-0.1, -0.05) is 30.3 Å². The number of ether oxygens (including phenoxy) is 3. The average molecular weight is 396 g/mol. The SMILES string of the molecule is COC1CCOC(OCc2ccccc2)(c2ccc(-n3ccnc3C)cc2F)C1. The van der Waals surface area contributed by atoms with Gasteiger partial charge in [0.05, 0.1) is 19.3 Å². The first-order chi connectivity index (χ1) is 14.1. The lowest BCUT2D eigenvalue weighted by Gasteiger charge is -2.40. The summed E-state index contributed by atoms with van der Waals surface area (Å²) in [4.78, 5) is 4.21. The molecule has 1 aliphatic heterocycles. The smallest absolute Gasteiger partial charge is 0.200 e. The van der Waals surface area contributed by atoms with Gasteiger partial charge in [0.15, 0.2) is 0 Å². The van der Waals surface area contributed by atoms with Gasteiger partial charge in [0.25, 0.3) is 0 Å². The molecule has 0 bridgehead atoms. The van der Waals surface area contributed by atoms with Crippen molar-refractivity contribution in [1.82, 2.24) is 9.55 Å². The Kier molecular flexibility index (Phi) is 5.76. The lowest BCUT2D eigenvalue weighted by molar-refractivity contribution is -0.289. The summed E-state index contributed by atoms with van der Waals surface area (Å²) < 4.78 is 35.1. The summed E-state index contributed by atoms with van der Waals surface area (Å²) in [6.07, 6.45) is 4.62. The lowest BCUT2D eigenvalue weighted by Crippen LogP contribution is -2.43. The number of benzene rings is 2. The fourth-order valence-corrected chi connectivity index (χ4v) is 3.77. The summed E-state index contributed by atoms with van der Waals surface area (Å²) >= 11 is 0. The van der Waals surface area contributed by atoms with Crippen LogP contribution in [0.15, 0.2) is 60.9 Å². The van der Waals surface area contributed by atoms with E-state index >= 15 is 4.39 Å². The molecule has 29 heavy (non-hydrogen) atoms. The fraction of sp³-hybridized carbons (Fsp3) is 0.348. The number of methoxy groups -OCH3 is 1. The number of hydrogen-bond acceptors (Lipinski definition) is 4. The summed E-state index contributed by atoms with van der Waals surface area (Å²) in [6.45, 7) is 2.64. The largest absolute Gasteiger partial charge is 0.381 e. The van der Waals surface area contributed by atoms with Crippen molar-refractivity contribution in [2.75, 3.05) is 13.7 Å². The molecule has 6 heteroatoms. The quantitative estimate of drug-likeness (QED) is 0.615. The van der Waals surface area contributed by atoms with Gasteiger partial charge in [-0.2, -0.15) is 0 Å². The predicted molar refractivity (Wildman–Crippen MR) is 107 cm³/mol. The highest BCUT2D eigenvalue weighted by atomic mass is 19.1. The third-order valence-electron chi connectivity index (χ3n) is 5.39. The van der Waals surface area contributed by atoms with Gasteiger partial charge in [-0.3, -0.25) is 0 Å². The Bertz CT molecular complexity index is 960. The molecule has 2 aromatic carbocycles. The Labute approximate surface area is 170 Å². The van der Waals surface area contributed by atoms with Gasteiger partial charge in [-0.05, 0) is 37.1 Å². The number of imidazole rings is 1. The van der Waals surface area contributed by atoms with Crippen LogP contribution in [0.5, 0.6) is 0 Å². The van der Waals surface area contributed by atoms with Crippen molar-refractivity contribution < 1.29 is 18.6 Å². The summed E-state index contributed by atoms with van der Waals surface area (Å²) in [5, 5.41) is 0. The van der Waals surface area contributed by atoms with E-state index in [9.17, 15) is 0 Å². The molecule has 0 spiro atoms. The lowest BCUT2D eigenvalue weighted by atomic mass is 9.94. The van der Waals surface area contributed by atoms with E-state index in [1.165, 1.54) is 6.07 Å². The monoisotopic (exact) mass is 396 g/mol. The third-order valence-corrected chi connectivity index (χ3v) is 5.39. The highest BCUT2D eigenvalue weighted by Crippen LogP contribution is 2.40. The van der Waals surface area contributed by atoms with Gasteiger partial charge >= 0.3 is 0 Å². The molecule has 152 valence electrons. The zero-order valence-corrected chi connectivity index (χ0v) is 16.7. The predicted octanol–water partition coefficient (Wildman–Crippen LogP) is 4.51. The van der Waals surface area contributed by atoms with Gasteiger partial charge in [-0.25, -0.2) is 9.37 Å². The fourth-order valence-electron chi connectivity index (χ4n) is 3.77. The molecule has 1 aromatic heterocycles. The average Bonchev–Trinajstić information content (AvgIpc) is 3.19. The highest BCUT2D eigenvalue weighted by molar-refractivity contribution is 5.38. The van der Waals surface area contributed by atoms with E-state index in [0.717, 1.165) is 17.8 Å². The van der Waals surface area contributed by atoms with Crippen LogP contribution in [0.3, 0.4) is 0 Å². The van der Waals surface area contributed by atoms with E-state index in [2.05, 4.69) is 4.98 Å². The maximum absolute atomic E-state index is 15.3. The number of rotatable bonds is 6. The summed E-state index contributed by atoms with van der Waals surface area (Å²) in [5.74, 6) is -0.776. The van der Waals surface area contributed by atoms with Gasteiger partial charge in [-0.15, -0.1) is 0 Å². The van der Waals surface area contributed by atoms with E-state index in [1.54, 1.807) is 19.4 Å². The second kappa shape index (κ2) is 8.45. The van der Waals surface area contributed by atoms with E-state index in [-0.39, 0.29) is 11.9 Å². The maximum atomic E-state index is 15.3. The third kappa shape index (κ3) is 4.10. The van der Waals surface area contributed by atoms with Crippen molar-refractivity contribution in [3.63, 3.8) is 0 Å². The molecule has 0 N–H and O–H groups in total. The molecule has 2 unspecified atom stereocenters. The highest BCUT2D eigenvalue weighted by Gasteiger charge is 2.42. The Morgan fingerprint density at radius 3 is 2.76 bits per heavy atom. The standard InChI is InChI=1S/C23H25FN2O3/c1-17-25-11-12-26(17)19-8-9-21(22(24)14-19)23(15-20(27-2)10-13-28-23)29-16-18-6-4-3-5-7-18/h3-9,11-12,14,20H,10,13,15-16H2,1-2H3.